The van der Waals surface area contributed by atoms with Gasteiger partial charge in [-0.1, -0.05) is 48.5 Å². The molecule has 3 aromatic carbocycles. The highest BCUT2D eigenvalue weighted by Gasteiger charge is 2.33. The Kier molecular flexibility index (Phi) is 5.12. The van der Waals surface area contributed by atoms with E-state index in [1.807, 2.05) is 48.5 Å². The fraction of sp³-hybridized carbons (Fsp3) is 0.200. The minimum absolute atomic E-state index is 0.111. The molecule has 0 spiro atoms. The molecule has 6 heteroatoms. The number of hydrogen-bond donors (Lipinski definition) is 1. The van der Waals surface area contributed by atoms with Crippen LogP contribution in [0, 0.1) is 5.82 Å². The highest BCUT2D eigenvalue weighted by Crippen LogP contribution is 2.34. The third-order valence-electron chi connectivity index (χ3n) is 5.67. The second-order valence-electron chi connectivity index (χ2n) is 7.74. The zero-order valence-electron chi connectivity index (χ0n) is 16.9. The zero-order chi connectivity index (χ0) is 21.2. The number of fused-ring (bicyclic) bond motifs is 1. The molecular formula is C25H22FN3O2. The number of hydrogen-bond acceptors (Lipinski definition) is 3. The quantitative estimate of drug-likeness (QED) is 0.466. The molecule has 2 heterocycles. The van der Waals surface area contributed by atoms with Crippen LogP contribution in [-0.2, 0) is 6.54 Å². The molecule has 1 aliphatic heterocycles. The van der Waals surface area contributed by atoms with Crippen LogP contribution in [0.25, 0.3) is 22.2 Å². The number of aromatic nitrogens is 1. The van der Waals surface area contributed by atoms with Crippen LogP contribution in [0.15, 0.2) is 77.2 Å². The monoisotopic (exact) mass is 415 g/mol. The van der Waals surface area contributed by atoms with Crippen LogP contribution in [0.1, 0.15) is 30.3 Å². The number of rotatable bonds is 4. The Labute approximate surface area is 179 Å². The van der Waals surface area contributed by atoms with E-state index in [0.29, 0.717) is 24.6 Å². The normalized spacial score (nSPS) is 16.0. The van der Waals surface area contributed by atoms with Crippen LogP contribution in [0.2, 0.25) is 0 Å². The Morgan fingerprint density at radius 1 is 1.06 bits per heavy atom. The first-order chi connectivity index (χ1) is 15.2. The van der Waals surface area contributed by atoms with Gasteiger partial charge in [-0.25, -0.2) is 14.2 Å². The van der Waals surface area contributed by atoms with Crippen molar-refractivity contribution in [2.75, 3.05) is 6.54 Å². The van der Waals surface area contributed by atoms with Crippen molar-refractivity contribution in [3.05, 3.63) is 90.1 Å². The van der Waals surface area contributed by atoms with E-state index in [1.165, 1.54) is 12.1 Å². The summed E-state index contributed by atoms with van der Waals surface area (Å²) in [6.07, 6.45) is 1.72. The maximum absolute atomic E-state index is 13.2. The fourth-order valence-corrected chi connectivity index (χ4v) is 4.05. The molecular weight excluding hydrogens is 393 g/mol. The molecule has 1 aromatic heterocycles. The Morgan fingerprint density at radius 2 is 1.84 bits per heavy atom. The average molecular weight is 415 g/mol. The Hall–Kier alpha value is -3.67. The molecule has 0 bridgehead atoms. The maximum Gasteiger partial charge on any atom is 0.318 e. The van der Waals surface area contributed by atoms with Gasteiger partial charge in [0, 0.05) is 13.1 Å². The van der Waals surface area contributed by atoms with Crippen molar-refractivity contribution < 1.29 is 13.6 Å². The molecule has 0 unspecified atom stereocenters. The number of nitrogens with zero attached hydrogens (tertiary/aromatic N) is 2. The Balaban J connectivity index is 1.35. The van der Waals surface area contributed by atoms with Crippen molar-refractivity contribution in [3.63, 3.8) is 0 Å². The topological polar surface area (TPSA) is 58.4 Å². The molecule has 1 N–H and O–H groups in total. The van der Waals surface area contributed by atoms with E-state index in [0.717, 1.165) is 35.0 Å². The molecule has 1 saturated heterocycles. The molecule has 2 amide bonds. The minimum Gasteiger partial charge on any atom is -0.438 e. The lowest BCUT2D eigenvalue weighted by atomic mass is 10.1. The summed E-state index contributed by atoms with van der Waals surface area (Å²) in [5, 5.41) is 3.00. The van der Waals surface area contributed by atoms with Crippen LogP contribution in [0.3, 0.4) is 0 Å². The maximum atomic E-state index is 13.2. The molecule has 5 nitrogen and oxygen atoms in total. The minimum atomic E-state index is -0.264. The number of oxazole rings is 1. The van der Waals surface area contributed by atoms with Crippen molar-refractivity contribution in [1.82, 2.24) is 15.2 Å². The summed E-state index contributed by atoms with van der Waals surface area (Å²) < 4.78 is 19.2. The average Bonchev–Trinajstić information content (AvgIpc) is 3.45. The summed E-state index contributed by atoms with van der Waals surface area (Å²) in [5.41, 5.74) is 4.32. The van der Waals surface area contributed by atoms with Gasteiger partial charge in [-0.15, -0.1) is 0 Å². The molecule has 1 atom stereocenters. The van der Waals surface area contributed by atoms with E-state index >= 15 is 0 Å². The molecule has 0 saturated carbocycles. The van der Waals surface area contributed by atoms with Crippen LogP contribution >= 0.6 is 0 Å². The molecule has 156 valence electrons. The summed E-state index contributed by atoms with van der Waals surface area (Å²) in [7, 11) is 0. The predicted molar refractivity (Wildman–Crippen MR) is 117 cm³/mol. The van der Waals surface area contributed by atoms with E-state index in [1.54, 1.807) is 17.0 Å². The van der Waals surface area contributed by atoms with E-state index in [4.69, 9.17) is 4.42 Å². The summed E-state index contributed by atoms with van der Waals surface area (Å²) in [6.45, 7) is 1.16. The highest BCUT2D eigenvalue weighted by atomic mass is 19.1. The second kappa shape index (κ2) is 8.22. The second-order valence-corrected chi connectivity index (χ2v) is 7.74. The third kappa shape index (κ3) is 4.01. The lowest BCUT2D eigenvalue weighted by Crippen LogP contribution is -2.39. The number of nitrogens with one attached hydrogen (secondary N) is 1. The van der Waals surface area contributed by atoms with Gasteiger partial charge in [-0.2, -0.15) is 0 Å². The summed E-state index contributed by atoms with van der Waals surface area (Å²) >= 11 is 0. The van der Waals surface area contributed by atoms with Crippen molar-refractivity contribution in [3.8, 4) is 11.1 Å². The Bertz CT molecular complexity index is 1200. The summed E-state index contributed by atoms with van der Waals surface area (Å²) in [5.74, 6) is 0.291. The first kappa shape index (κ1) is 19.3. The summed E-state index contributed by atoms with van der Waals surface area (Å²) in [4.78, 5) is 19.3. The zero-order valence-corrected chi connectivity index (χ0v) is 16.9. The highest BCUT2D eigenvalue weighted by molar-refractivity contribution is 5.80. The number of halogens is 1. The number of benzene rings is 3. The number of carbonyl (C=O) groups is 1. The molecule has 1 fully saturated rings. The number of amides is 2. The van der Waals surface area contributed by atoms with E-state index in [2.05, 4.69) is 10.3 Å². The van der Waals surface area contributed by atoms with Gasteiger partial charge in [-0.05, 0) is 53.8 Å². The molecule has 5 rings (SSSR count). The van der Waals surface area contributed by atoms with Crippen molar-refractivity contribution >= 4 is 17.1 Å². The van der Waals surface area contributed by atoms with E-state index in [9.17, 15) is 9.18 Å². The van der Waals surface area contributed by atoms with Crippen molar-refractivity contribution in [1.29, 1.82) is 0 Å². The van der Waals surface area contributed by atoms with Gasteiger partial charge < -0.3 is 14.6 Å². The molecule has 0 radical (unpaired) electrons. The third-order valence-corrected chi connectivity index (χ3v) is 5.67. The SMILES string of the molecule is O=C(NCc1ccccc1)N1CCC[C@@H]1c1nc2cc(-c3ccc(F)cc3)ccc2o1. The first-order valence-corrected chi connectivity index (χ1v) is 10.4. The van der Waals surface area contributed by atoms with Gasteiger partial charge in [0.1, 0.15) is 17.4 Å². The van der Waals surface area contributed by atoms with Crippen LogP contribution in [0.5, 0.6) is 0 Å². The molecule has 1 aliphatic rings. The lowest BCUT2D eigenvalue weighted by Gasteiger charge is -2.22. The van der Waals surface area contributed by atoms with Crippen LogP contribution in [0.4, 0.5) is 9.18 Å². The van der Waals surface area contributed by atoms with Crippen LogP contribution in [-0.4, -0.2) is 22.5 Å². The van der Waals surface area contributed by atoms with Gasteiger partial charge in [0.05, 0.1) is 0 Å². The smallest absolute Gasteiger partial charge is 0.318 e. The van der Waals surface area contributed by atoms with Gasteiger partial charge in [-0.3, -0.25) is 0 Å². The molecule has 31 heavy (non-hydrogen) atoms. The number of likely N-dealkylation sites (tertiary alicyclic amines) is 1. The Morgan fingerprint density at radius 3 is 2.65 bits per heavy atom. The van der Waals surface area contributed by atoms with Crippen molar-refractivity contribution in [2.24, 2.45) is 0 Å². The lowest BCUT2D eigenvalue weighted by molar-refractivity contribution is 0.184. The van der Waals surface area contributed by atoms with Crippen LogP contribution < -0.4 is 5.32 Å². The van der Waals surface area contributed by atoms with E-state index < -0.39 is 0 Å². The number of urea groups is 1. The molecule has 4 aromatic rings. The first-order valence-electron chi connectivity index (χ1n) is 10.4. The fourth-order valence-electron chi connectivity index (χ4n) is 4.05. The van der Waals surface area contributed by atoms with Gasteiger partial charge in [0.25, 0.3) is 0 Å². The molecule has 0 aliphatic carbocycles. The predicted octanol–water partition coefficient (Wildman–Crippen LogP) is 5.68. The largest absolute Gasteiger partial charge is 0.438 e. The van der Waals surface area contributed by atoms with E-state index in [-0.39, 0.29) is 17.9 Å². The standard InChI is InChI=1S/C25H22FN3O2/c26-20-11-8-18(9-12-20)19-10-13-23-21(15-19)28-24(31-23)22-7-4-14-29(22)25(30)27-16-17-5-2-1-3-6-17/h1-3,5-6,8-13,15,22H,4,7,14,16H2,(H,27,30)/t22-/m1/s1. The van der Waals surface area contributed by atoms with Crippen molar-refractivity contribution in [2.45, 2.75) is 25.4 Å². The number of carbonyl (C=O) groups excluding carboxylic acids is 1. The van der Waals surface area contributed by atoms with Gasteiger partial charge >= 0.3 is 6.03 Å². The van der Waals surface area contributed by atoms with Gasteiger partial charge in [0.2, 0.25) is 5.89 Å². The van der Waals surface area contributed by atoms with Gasteiger partial charge in [0.15, 0.2) is 5.58 Å². The summed E-state index contributed by atoms with van der Waals surface area (Å²) in [6, 6.07) is 21.7.